The lowest BCUT2D eigenvalue weighted by Crippen LogP contribution is -2.34. The number of hydrogen-bond donors (Lipinski definition) is 1. The molecule has 0 saturated heterocycles. The van der Waals surface area contributed by atoms with Crippen LogP contribution >= 0.6 is 23.2 Å². The summed E-state index contributed by atoms with van der Waals surface area (Å²) in [5.41, 5.74) is 2.61. The summed E-state index contributed by atoms with van der Waals surface area (Å²) in [5, 5.41) is 3.51. The van der Waals surface area contributed by atoms with E-state index in [1.165, 1.54) is 12.1 Å². The molecule has 0 radical (unpaired) electrons. The number of halogens is 3. The van der Waals surface area contributed by atoms with Gasteiger partial charge in [0.25, 0.3) is 0 Å². The van der Waals surface area contributed by atoms with Crippen LogP contribution in [0.5, 0.6) is 5.75 Å². The molecule has 0 fully saturated rings. The quantitative estimate of drug-likeness (QED) is 0.521. The Morgan fingerprint density at radius 3 is 2.57 bits per heavy atom. The summed E-state index contributed by atoms with van der Waals surface area (Å²) in [7, 11) is 0. The van der Waals surface area contributed by atoms with Crippen molar-refractivity contribution in [2.75, 3.05) is 6.54 Å². The SMILES string of the molecule is O=C(NCC1Cc2cc(F)cc(-c3c(Cl)cccc3Cl)c2O1)OCc1ccccc1. The van der Waals surface area contributed by atoms with Gasteiger partial charge in [-0.05, 0) is 29.8 Å². The minimum Gasteiger partial charge on any atom is -0.487 e. The van der Waals surface area contributed by atoms with Gasteiger partial charge in [-0.25, -0.2) is 9.18 Å². The van der Waals surface area contributed by atoms with Gasteiger partial charge in [-0.3, -0.25) is 0 Å². The number of nitrogens with one attached hydrogen (secondary N) is 1. The van der Waals surface area contributed by atoms with Crippen molar-refractivity contribution in [1.82, 2.24) is 5.32 Å². The number of carbonyl (C=O) groups is 1. The van der Waals surface area contributed by atoms with E-state index in [1.54, 1.807) is 18.2 Å². The zero-order valence-electron chi connectivity index (χ0n) is 15.8. The predicted octanol–water partition coefficient (Wildman–Crippen LogP) is 6.03. The molecule has 0 spiro atoms. The van der Waals surface area contributed by atoms with E-state index in [1.807, 2.05) is 30.3 Å². The third kappa shape index (κ3) is 4.53. The van der Waals surface area contributed by atoms with E-state index < -0.39 is 11.9 Å². The fourth-order valence-electron chi connectivity index (χ4n) is 3.42. The summed E-state index contributed by atoms with van der Waals surface area (Å²) in [6.45, 7) is 0.401. The highest BCUT2D eigenvalue weighted by Gasteiger charge is 2.28. The van der Waals surface area contributed by atoms with Gasteiger partial charge in [0.05, 0.1) is 16.6 Å². The van der Waals surface area contributed by atoms with Crippen LogP contribution in [0, 0.1) is 5.82 Å². The molecule has 4 rings (SSSR count). The van der Waals surface area contributed by atoms with Crippen LogP contribution in [-0.4, -0.2) is 18.7 Å². The lowest BCUT2D eigenvalue weighted by molar-refractivity contribution is 0.133. The first-order chi connectivity index (χ1) is 14.5. The molecule has 1 aliphatic heterocycles. The molecular weight excluding hydrogens is 428 g/mol. The molecule has 1 aliphatic rings. The predicted molar refractivity (Wildman–Crippen MR) is 115 cm³/mol. The molecule has 4 nitrogen and oxygen atoms in total. The van der Waals surface area contributed by atoms with Gasteiger partial charge < -0.3 is 14.8 Å². The van der Waals surface area contributed by atoms with E-state index in [9.17, 15) is 9.18 Å². The highest BCUT2D eigenvalue weighted by molar-refractivity contribution is 6.39. The number of hydrogen-bond acceptors (Lipinski definition) is 3. The number of ether oxygens (including phenoxy) is 2. The summed E-state index contributed by atoms with van der Waals surface area (Å²) in [4.78, 5) is 12.0. The van der Waals surface area contributed by atoms with Crippen LogP contribution in [0.3, 0.4) is 0 Å². The Hall–Kier alpha value is -2.76. The number of rotatable bonds is 5. The number of amides is 1. The summed E-state index contributed by atoms with van der Waals surface area (Å²) in [5.74, 6) is 0.120. The average Bonchev–Trinajstić information content (AvgIpc) is 3.14. The number of fused-ring (bicyclic) bond motifs is 1. The van der Waals surface area contributed by atoms with Gasteiger partial charge in [0.2, 0.25) is 0 Å². The van der Waals surface area contributed by atoms with Crippen molar-refractivity contribution < 1.29 is 18.7 Å². The van der Waals surface area contributed by atoms with Crippen LogP contribution in [0.15, 0.2) is 60.7 Å². The second-order valence-electron chi connectivity index (χ2n) is 6.92. The topological polar surface area (TPSA) is 47.6 Å². The van der Waals surface area contributed by atoms with E-state index in [0.29, 0.717) is 38.9 Å². The van der Waals surface area contributed by atoms with E-state index in [-0.39, 0.29) is 19.3 Å². The number of alkyl carbamates (subject to hydrolysis) is 1. The van der Waals surface area contributed by atoms with Crippen molar-refractivity contribution >= 4 is 29.3 Å². The Balaban J connectivity index is 1.43. The van der Waals surface area contributed by atoms with Crippen LogP contribution in [0.2, 0.25) is 10.0 Å². The van der Waals surface area contributed by atoms with Crippen molar-refractivity contribution in [1.29, 1.82) is 0 Å². The van der Waals surface area contributed by atoms with Gasteiger partial charge in [-0.1, -0.05) is 59.6 Å². The van der Waals surface area contributed by atoms with Crippen molar-refractivity contribution in [2.24, 2.45) is 0 Å². The summed E-state index contributed by atoms with van der Waals surface area (Å²) in [6.07, 6.45) is -0.453. The second-order valence-corrected chi connectivity index (χ2v) is 7.74. The monoisotopic (exact) mass is 445 g/mol. The summed E-state index contributed by atoms with van der Waals surface area (Å²) >= 11 is 12.6. The van der Waals surface area contributed by atoms with Crippen molar-refractivity contribution in [3.63, 3.8) is 0 Å². The molecule has 0 bridgehead atoms. The van der Waals surface area contributed by atoms with E-state index in [2.05, 4.69) is 5.32 Å². The summed E-state index contributed by atoms with van der Waals surface area (Å²) < 4.78 is 25.5. The maximum Gasteiger partial charge on any atom is 0.407 e. The molecule has 1 unspecified atom stereocenters. The van der Waals surface area contributed by atoms with Gasteiger partial charge in [0.1, 0.15) is 24.3 Å². The summed E-state index contributed by atoms with van der Waals surface area (Å²) in [6, 6.07) is 17.3. The van der Waals surface area contributed by atoms with Crippen LogP contribution in [0.1, 0.15) is 11.1 Å². The molecule has 3 aromatic rings. The van der Waals surface area contributed by atoms with Gasteiger partial charge in [-0.15, -0.1) is 0 Å². The zero-order chi connectivity index (χ0) is 21.1. The van der Waals surface area contributed by atoms with E-state index >= 15 is 0 Å². The lowest BCUT2D eigenvalue weighted by atomic mass is 10.00. The van der Waals surface area contributed by atoms with Gasteiger partial charge in [0, 0.05) is 23.1 Å². The molecule has 30 heavy (non-hydrogen) atoms. The average molecular weight is 446 g/mol. The molecule has 3 aromatic carbocycles. The molecular formula is C23H18Cl2FNO3. The maximum atomic E-state index is 14.2. The Morgan fingerprint density at radius 2 is 1.83 bits per heavy atom. The molecule has 0 aliphatic carbocycles. The largest absolute Gasteiger partial charge is 0.487 e. The molecule has 1 atom stereocenters. The first-order valence-electron chi connectivity index (χ1n) is 9.39. The van der Waals surface area contributed by atoms with Crippen molar-refractivity contribution in [3.8, 4) is 16.9 Å². The van der Waals surface area contributed by atoms with Gasteiger partial charge >= 0.3 is 6.09 Å². The highest BCUT2D eigenvalue weighted by Crippen LogP contribution is 2.44. The molecule has 0 saturated carbocycles. The zero-order valence-corrected chi connectivity index (χ0v) is 17.3. The van der Waals surface area contributed by atoms with Crippen LogP contribution in [-0.2, 0) is 17.8 Å². The fourth-order valence-corrected chi connectivity index (χ4v) is 4.02. The van der Waals surface area contributed by atoms with E-state index in [0.717, 1.165) is 5.56 Å². The first-order valence-corrected chi connectivity index (χ1v) is 10.1. The standard InChI is InChI=1S/C23H18Cl2FNO3/c24-19-7-4-8-20(25)21(19)18-11-16(26)9-15-10-17(30-22(15)18)12-27-23(28)29-13-14-5-2-1-3-6-14/h1-9,11,17H,10,12-13H2,(H,27,28). The minimum absolute atomic E-state index is 0.179. The molecule has 1 amide bonds. The fraction of sp³-hybridized carbons (Fsp3) is 0.174. The molecule has 7 heteroatoms. The maximum absolute atomic E-state index is 14.2. The molecule has 0 aromatic heterocycles. The van der Waals surface area contributed by atoms with Crippen LogP contribution in [0.4, 0.5) is 9.18 Å². The van der Waals surface area contributed by atoms with Crippen LogP contribution in [0.25, 0.3) is 11.1 Å². The lowest BCUT2D eigenvalue weighted by Gasteiger charge is -2.15. The third-order valence-corrected chi connectivity index (χ3v) is 5.41. The third-order valence-electron chi connectivity index (χ3n) is 4.78. The Kier molecular flexibility index (Phi) is 6.11. The van der Waals surface area contributed by atoms with Crippen molar-refractivity contribution in [2.45, 2.75) is 19.1 Å². The Bertz CT molecular complexity index is 1060. The number of carbonyl (C=O) groups excluding carboxylic acids is 1. The number of benzene rings is 3. The molecule has 154 valence electrons. The van der Waals surface area contributed by atoms with Crippen LogP contribution < -0.4 is 10.1 Å². The Morgan fingerprint density at radius 1 is 1.10 bits per heavy atom. The smallest absolute Gasteiger partial charge is 0.407 e. The van der Waals surface area contributed by atoms with Gasteiger partial charge in [0.15, 0.2) is 0 Å². The first kappa shape index (κ1) is 20.5. The van der Waals surface area contributed by atoms with Crippen molar-refractivity contribution in [3.05, 3.63) is 87.7 Å². The normalized spacial score (nSPS) is 14.7. The molecule has 1 heterocycles. The Labute approximate surface area is 183 Å². The highest BCUT2D eigenvalue weighted by atomic mass is 35.5. The van der Waals surface area contributed by atoms with E-state index in [4.69, 9.17) is 32.7 Å². The second kappa shape index (κ2) is 8.94. The molecule has 1 N–H and O–H groups in total. The minimum atomic E-state index is -0.543. The van der Waals surface area contributed by atoms with Gasteiger partial charge in [-0.2, -0.15) is 0 Å².